The number of nitriles is 1. The Bertz CT molecular complexity index is 986. The summed E-state index contributed by atoms with van der Waals surface area (Å²) in [5, 5.41) is 9.43. The maximum Gasteiger partial charge on any atom is 0.417 e. The Morgan fingerprint density at radius 3 is 2.29 bits per heavy atom. The van der Waals surface area contributed by atoms with Crippen molar-refractivity contribution in [2.75, 3.05) is 6.61 Å². The molecular weight excluding hydrogens is 386 g/mol. The van der Waals surface area contributed by atoms with Gasteiger partial charge < -0.3 is 4.74 Å². The first-order valence-electron chi connectivity index (χ1n) is 7.90. The van der Waals surface area contributed by atoms with Crippen molar-refractivity contribution in [1.82, 2.24) is 4.98 Å². The molecule has 0 bridgehead atoms. The van der Waals surface area contributed by atoms with Gasteiger partial charge in [0.25, 0.3) is 0 Å². The Morgan fingerprint density at radius 1 is 1.18 bits per heavy atom. The molecule has 3 rings (SSSR count). The van der Waals surface area contributed by atoms with Gasteiger partial charge in [0.15, 0.2) is 5.75 Å². The van der Waals surface area contributed by atoms with Gasteiger partial charge >= 0.3 is 12.4 Å². The van der Waals surface area contributed by atoms with Crippen molar-refractivity contribution in [2.24, 2.45) is 0 Å². The first-order chi connectivity index (χ1) is 12.9. The van der Waals surface area contributed by atoms with Gasteiger partial charge in [-0.1, -0.05) is 18.7 Å². The zero-order valence-corrected chi connectivity index (χ0v) is 14.4. The Morgan fingerprint density at radius 2 is 1.79 bits per heavy atom. The van der Waals surface area contributed by atoms with Crippen LogP contribution in [0.4, 0.5) is 26.3 Å². The monoisotopic (exact) mass is 398 g/mol. The molecule has 146 valence electrons. The first-order valence-corrected chi connectivity index (χ1v) is 7.90. The molecule has 1 aliphatic rings. The van der Waals surface area contributed by atoms with Crippen LogP contribution in [0.5, 0.6) is 5.75 Å². The van der Waals surface area contributed by atoms with Gasteiger partial charge in [-0.05, 0) is 25.1 Å². The number of allylic oxidation sites excluding steroid dienone is 1. The SMILES string of the molecule is C=C(c1cc2c(c(-c3ccc(C(F)(F)F)cc3)n1)OCC2(C)C#N)C(F)(F)F. The molecule has 0 spiro atoms. The second kappa shape index (κ2) is 6.26. The minimum atomic E-state index is -4.76. The highest BCUT2D eigenvalue weighted by atomic mass is 19.4. The van der Waals surface area contributed by atoms with E-state index in [1.165, 1.54) is 6.92 Å². The van der Waals surface area contributed by atoms with Gasteiger partial charge in [0, 0.05) is 11.1 Å². The highest BCUT2D eigenvalue weighted by Gasteiger charge is 2.42. The van der Waals surface area contributed by atoms with Gasteiger partial charge in [-0.3, -0.25) is 0 Å². The van der Waals surface area contributed by atoms with Crippen molar-refractivity contribution in [3.8, 4) is 23.1 Å². The topological polar surface area (TPSA) is 45.9 Å². The molecule has 0 saturated carbocycles. The molecule has 9 heteroatoms. The number of hydrogen-bond acceptors (Lipinski definition) is 3. The van der Waals surface area contributed by atoms with Crippen LogP contribution in [0.1, 0.15) is 23.7 Å². The molecule has 0 amide bonds. The van der Waals surface area contributed by atoms with E-state index in [1.807, 2.05) is 6.07 Å². The number of rotatable bonds is 2. The van der Waals surface area contributed by atoms with E-state index < -0.39 is 34.6 Å². The fourth-order valence-electron chi connectivity index (χ4n) is 2.79. The quantitative estimate of drug-likeness (QED) is 0.626. The standard InChI is InChI=1S/C19H12F6N2O/c1-10(18(20,21)22)14-7-13-16(28-9-17(13,2)8-26)15(27-14)11-3-5-12(6-4-11)19(23,24)25/h3-7H,1,9H2,2H3. The Kier molecular flexibility index (Phi) is 4.41. The Hall–Kier alpha value is -3.02. The Labute approximate surface area is 155 Å². The lowest BCUT2D eigenvalue weighted by molar-refractivity contribution is -0.137. The molecule has 1 aromatic heterocycles. The van der Waals surface area contributed by atoms with Gasteiger partial charge in [-0.2, -0.15) is 31.6 Å². The maximum absolute atomic E-state index is 13.1. The van der Waals surface area contributed by atoms with Crippen LogP contribution in [0.15, 0.2) is 36.9 Å². The summed E-state index contributed by atoms with van der Waals surface area (Å²) >= 11 is 0. The highest BCUT2D eigenvalue weighted by Crippen LogP contribution is 2.46. The number of hydrogen-bond donors (Lipinski definition) is 0. The third-order valence-electron chi connectivity index (χ3n) is 4.46. The summed E-state index contributed by atoms with van der Waals surface area (Å²) in [4.78, 5) is 3.94. The molecule has 0 fully saturated rings. The van der Waals surface area contributed by atoms with Crippen LogP contribution in [0, 0.1) is 11.3 Å². The second-order valence-electron chi connectivity index (χ2n) is 6.52. The van der Waals surface area contributed by atoms with Crippen LogP contribution in [0.2, 0.25) is 0 Å². The molecule has 2 aromatic rings. The fourth-order valence-corrected chi connectivity index (χ4v) is 2.79. The van der Waals surface area contributed by atoms with Crippen molar-refractivity contribution >= 4 is 5.57 Å². The molecule has 0 radical (unpaired) electrons. The molecular formula is C19H12F6N2O. The van der Waals surface area contributed by atoms with Gasteiger partial charge in [0.2, 0.25) is 0 Å². The third-order valence-corrected chi connectivity index (χ3v) is 4.46. The smallest absolute Gasteiger partial charge is 0.417 e. The van der Waals surface area contributed by atoms with Crippen molar-refractivity contribution in [2.45, 2.75) is 24.7 Å². The molecule has 0 saturated heterocycles. The normalized spacial score (nSPS) is 18.9. The van der Waals surface area contributed by atoms with Crippen LogP contribution < -0.4 is 4.74 Å². The van der Waals surface area contributed by atoms with E-state index in [0.717, 1.165) is 30.3 Å². The van der Waals surface area contributed by atoms with E-state index >= 15 is 0 Å². The summed E-state index contributed by atoms with van der Waals surface area (Å²) in [5.74, 6) is 0.0718. The van der Waals surface area contributed by atoms with E-state index in [0.29, 0.717) is 0 Å². The molecule has 2 heterocycles. The lowest BCUT2D eigenvalue weighted by atomic mass is 9.85. The molecule has 0 aliphatic carbocycles. The van der Waals surface area contributed by atoms with E-state index in [4.69, 9.17) is 4.74 Å². The summed E-state index contributed by atoms with van der Waals surface area (Å²) in [7, 11) is 0. The average molecular weight is 398 g/mol. The molecule has 1 aliphatic heterocycles. The lowest BCUT2D eigenvalue weighted by Gasteiger charge is -2.17. The van der Waals surface area contributed by atoms with Crippen molar-refractivity contribution in [1.29, 1.82) is 5.26 Å². The summed E-state index contributed by atoms with van der Waals surface area (Å²) in [6.07, 6.45) is -9.32. The van der Waals surface area contributed by atoms with E-state index in [1.54, 1.807) is 0 Å². The third kappa shape index (κ3) is 3.30. The van der Waals surface area contributed by atoms with Gasteiger partial charge in [-0.25, -0.2) is 4.98 Å². The number of fused-ring (bicyclic) bond motifs is 1. The number of ether oxygens (including phenoxy) is 1. The number of halogens is 6. The molecule has 0 N–H and O–H groups in total. The molecule has 28 heavy (non-hydrogen) atoms. The van der Waals surface area contributed by atoms with E-state index in [9.17, 15) is 31.6 Å². The number of benzene rings is 1. The summed E-state index contributed by atoms with van der Waals surface area (Å²) < 4.78 is 83.2. The first kappa shape index (κ1) is 19.7. The predicted octanol–water partition coefficient (Wildman–Crippen LogP) is 5.52. The maximum atomic E-state index is 13.1. The van der Waals surface area contributed by atoms with E-state index in [-0.39, 0.29) is 29.2 Å². The number of pyridine rings is 1. The van der Waals surface area contributed by atoms with Crippen LogP contribution in [0.25, 0.3) is 16.8 Å². The minimum Gasteiger partial charge on any atom is -0.489 e. The fraction of sp³-hybridized carbons (Fsp3) is 0.263. The zero-order chi connectivity index (χ0) is 20.9. The summed E-state index contributed by atoms with van der Waals surface area (Å²) in [6, 6.07) is 6.87. The highest BCUT2D eigenvalue weighted by molar-refractivity contribution is 5.76. The average Bonchev–Trinajstić information content (AvgIpc) is 2.96. The van der Waals surface area contributed by atoms with Gasteiger partial charge in [0.05, 0.1) is 22.9 Å². The lowest BCUT2D eigenvalue weighted by Crippen LogP contribution is -2.21. The van der Waals surface area contributed by atoms with Crippen LogP contribution in [-0.4, -0.2) is 17.8 Å². The molecule has 1 unspecified atom stereocenters. The second-order valence-corrected chi connectivity index (χ2v) is 6.52. The van der Waals surface area contributed by atoms with Crippen LogP contribution >= 0.6 is 0 Å². The molecule has 3 nitrogen and oxygen atoms in total. The molecule has 1 atom stereocenters. The van der Waals surface area contributed by atoms with Crippen LogP contribution in [-0.2, 0) is 11.6 Å². The summed E-state index contributed by atoms with van der Waals surface area (Å²) in [6.45, 7) is 4.40. The minimum absolute atomic E-state index is 0.0718. The van der Waals surface area contributed by atoms with E-state index in [2.05, 4.69) is 11.6 Å². The number of aromatic nitrogens is 1. The predicted molar refractivity (Wildman–Crippen MR) is 88.2 cm³/mol. The molecule has 1 aromatic carbocycles. The van der Waals surface area contributed by atoms with Crippen molar-refractivity contribution in [3.63, 3.8) is 0 Å². The zero-order valence-electron chi connectivity index (χ0n) is 14.4. The largest absolute Gasteiger partial charge is 0.489 e. The van der Waals surface area contributed by atoms with Crippen molar-refractivity contribution in [3.05, 3.63) is 53.7 Å². The Balaban J connectivity index is 2.21. The van der Waals surface area contributed by atoms with Gasteiger partial charge in [0.1, 0.15) is 17.7 Å². The van der Waals surface area contributed by atoms with Crippen molar-refractivity contribution < 1.29 is 31.1 Å². The van der Waals surface area contributed by atoms with Crippen LogP contribution in [0.3, 0.4) is 0 Å². The number of nitrogens with zero attached hydrogens (tertiary/aromatic N) is 2. The summed E-state index contributed by atoms with van der Waals surface area (Å²) in [5.41, 5.74) is -3.65. The van der Waals surface area contributed by atoms with Gasteiger partial charge in [-0.15, -0.1) is 0 Å². The number of alkyl halides is 6.